The van der Waals surface area contributed by atoms with Crippen LogP contribution in [0.15, 0.2) is 164 Å². The Morgan fingerprint density at radius 3 is 0.550 bits per heavy atom. The van der Waals surface area contributed by atoms with Gasteiger partial charge in [0.1, 0.15) is 0 Å². The minimum atomic E-state index is -0.118. The summed E-state index contributed by atoms with van der Waals surface area (Å²) in [6.45, 7) is 29.7. The first-order valence-electron chi connectivity index (χ1n) is 33.2. The number of hydrogen-bond donors (Lipinski definition) is 4. The third-order valence-corrected chi connectivity index (χ3v) is 193. The molecule has 5 aromatic rings. The highest BCUT2D eigenvalue weighted by Crippen LogP contribution is 2.05. The smallest absolute Gasteiger partial charge is 0.0721 e. The SMILES string of the molecule is C.C.C.C.C.C.C.C.C.C=CCOCc1ccccc1.CCCCO.CCCCO.CCCCO.CCCCO.CCCCOCc1ccccc1.CCCCOCc1ccccc1.CCCCOCc1ccccc1.CCCCOCc1ccccc1.[HH].[SiH3][Si]([SiH3])([SiH3])[Si]([SiH3])([SiH3])[SiH3].[SiH4].[SiH4].[SiH4].[SiH4]. The van der Waals surface area contributed by atoms with Crippen LogP contribution in [0.1, 0.15) is 254 Å². The second-order valence-corrected chi connectivity index (χ2v) is 140. The minimum Gasteiger partial charge on any atom is -0.396 e. The fourth-order valence-corrected chi connectivity index (χ4v) is 5.51. The summed E-state index contributed by atoms with van der Waals surface area (Å²) >= 11 is 0. The highest BCUT2D eigenvalue weighted by Gasteiger charge is 2.30. The molecular formula is C79H188O9Si12. The van der Waals surface area contributed by atoms with Gasteiger partial charge in [-0.1, -0.05) is 331 Å². The largest absolute Gasteiger partial charge is 0.396 e. The van der Waals surface area contributed by atoms with Crippen LogP contribution in [0.3, 0.4) is 0 Å². The third-order valence-electron chi connectivity index (χ3n) is 12.7. The summed E-state index contributed by atoms with van der Waals surface area (Å²) in [5.74, 6) is 0. The van der Waals surface area contributed by atoms with Crippen molar-refractivity contribution in [3.63, 3.8) is 0 Å². The Balaban J connectivity index is -0.0000000436. The van der Waals surface area contributed by atoms with Crippen LogP contribution < -0.4 is 0 Å². The van der Waals surface area contributed by atoms with Gasteiger partial charge in [0.15, 0.2) is 0 Å². The van der Waals surface area contributed by atoms with Gasteiger partial charge in [-0.25, -0.2) is 0 Å². The summed E-state index contributed by atoms with van der Waals surface area (Å²) in [6.07, 6.45) is 19.1. The molecule has 0 heterocycles. The highest BCUT2D eigenvalue weighted by atomic mass is 30.4. The lowest BCUT2D eigenvalue weighted by molar-refractivity contribution is 0.118. The minimum absolute atomic E-state index is 0. The maximum absolute atomic E-state index is 8.07. The van der Waals surface area contributed by atoms with Crippen molar-refractivity contribution in [2.45, 2.75) is 258 Å². The summed E-state index contributed by atoms with van der Waals surface area (Å²) in [6, 6.07) is 51.2. The van der Waals surface area contributed by atoms with Gasteiger partial charge in [0.25, 0.3) is 0 Å². The van der Waals surface area contributed by atoms with Gasteiger partial charge in [-0.15, -0.1) is 6.58 Å². The molecule has 0 atom stereocenters. The second kappa shape index (κ2) is 121. The molecule has 9 nitrogen and oxygen atoms in total. The van der Waals surface area contributed by atoms with Crippen LogP contribution in [-0.4, -0.2) is 195 Å². The Kier molecular flexibility index (Phi) is 174. The van der Waals surface area contributed by atoms with Crippen molar-refractivity contribution in [1.29, 1.82) is 0 Å². The van der Waals surface area contributed by atoms with Gasteiger partial charge in [0, 0.05) is 54.3 Å². The molecule has 21 heteroatoms. The van der Waals surface area contributed by atoms with E-state index in [1.54, 1.807) is 64.6 Å². The number of unbranched alkanes of at least 4 members (excludes halogenated alkanes) is 8. The molecule has 5 rings (SSSR count). The zero-order valence-corrected chi connectivity index (χ0v) is 72.3. The van der Waals surface area contributed by atoms with Gasteiger partial charge in [0.05, 0.1) is 39.6 Å². The molecule has 0 radical (unpaired) electrons. The van der Waals surface area contributed by atoms with Crippen molar-refractivity contribution in [2.75, 3.05) is 59.5 Å². The maximum Gasteiger partial charge on any atom is 0.0721 e. The van der Waals surface area contributed by atoms with Gasteiger partial charge >= 0.3 is 0 Å². The van der Waals surface area contributed by atoms with E-state index in [4.69, 9.17) is 44.1 Å². The second-order valence-electron chi connectivity index (χ2n) is 22.7. The Hall–Kier alpha value is -1.92. The summed E-state index contributed by atoms with van der Waals surface area (Å²) < 4.78 is 27.1. The number of aliphatic hydroxyl groups excluding tert-OH is 4. The first-order chi connectivity index (χ1) is 42.1. The lowest BCUT2D eigenvalue weighted by atomic mass is 10.2. The van der Waals surface area contributed by atoms with Crippen molar-refractivity contribution >= 4 is 115 Å². The quantitative estimate of drug-likeness (QED) is 0.0185. The lowest BCUT2D eigenvalue weighted by Crippen LogP contribution is -2.68. The van der Waals surface area contributed by atoms with E-state index in [1.807, 2.05) is 103 Å². The predicted molar refractivity (Wildman–Crippen MR) is 517 cm³/mol. The molecule has 0 aliphatic carbocycles. The summed E-state index contributed by atoms with van der Waals surface area (Å²) in [5.41, 5.74) is 6.23. The zero-order chi connectivity index (χ0) is 66.0. The van der Waals surface area contributed by atoms with Crippen molar-refractivity contribution in [3.05, 3.63) is 192 Å². The molecule has 100 heavy (non-hydrogen) atoms. The van der Waals surface area contributed by atoms with Crippen molar-refractivity contribution in [1.82, 2.24) is 0 Å². The standard InChI is InChI=1S/4C11H16O.C10H12O.4C4H10O.9CH4.H18Si8.4H4Si.H2/c4*1-2-3-9-12-10-11-7-5-4-6-8-11;1-2-8-11-9-10-6-4-3-5-7-10;4*1-2-3-4-5;;;;;;;;;;1-7(2,3)8(4,5)6;;;;;/h4*4-8H,2-3,9-10H2,1H3;2-7H,1,8-9H2;4*5H,2-4H2,1H3;9*1H4;1-6H3;4*1H4;1H. The molecule has 0 unspecified atom stereocenters. The molecule has 0 saturated heterocycles. The first-order valence-corrected chi connectivity index (χ1v) is 59.2. The fraction of sp³-hybridized carbons (Fsp3) is 0.595. The predicted octanol–water partition coefficient (Wildman–Crippen LogP) is 9.82. The van der Waals surface area contributed by atoms with E-state index in [9.17, 15) is 0 Å². The number of rotatable bonds is 33. The van der Waals surface area contributed by atoms with Gasteiger partial charge in [-0.3, -0.25) is 0 Å². The van der Waals surface area contributed by atoms with Crippen LogP contribution in [0.4, 0.5) is 0 Å². The maximum atomic E-state index is 8.07. The molecule has 0 aliphatic heterocycles. The molecule has 0 saturated carbocycles. The van der Waals surface area contributed by atoms with Crippen molar-refractivity contribution < 1.29 is 45.5 Å². The number of ether oxygens (including phenoxy) is 5. The Labute approximate surface area is 665 Å². The number of aliphatic hydroxyl groups is 4. The van der Waals surface area contributed by atoms with Crippen LogP contribution >= 0.6 is 0 Å². The van der Waals surface area contributed by atoms with Gasteiger partial charge in [-0.2, -0.15) is 0 Å². The molecule has 0 bridgehead atoms. The van der Waals surface area contributed by atoms with Crippen LogP contribution in [0.5, 0.6) is 0 Å². The van der Waals surface area contributed by atoms with E-state index in [0.29, 0.717) is 39.6 Å². The van der Waals surface area contributed by atoms with Crippen molar-refractivity contribution in [2.24, 2.45) is 0 Å². The lowest BCUT2D eigenvalue weighted by Gasteiger charge is -2.31. The number of benzene rings is 5. The fourth-order valence-electron chi connectivity index (χ4n) is 5.51. The van der Waals surface area contributed by atoms with E-state index in [1.165, 1.54) is 53.5 Å². The Morgan fingerprint density at radius 1 is 0.290 bits per heavy atom. The summed E-state index contributed by atoms with van der Waals surface area (Å²) in [5, 5.41) is 32.3. The first kappa shape index (κ1) is 144. The molecule has 606 valence electrons. The van der Waals surface area contributed by atoms with E-state index in [2.05, 4.69) is 110 Å². The highest BCUT2D eigenvalue weighted by molar-refractivity contribution is 8.06. The van der Waals surface area contributed by atoms with E-state index < -0.39 is 0 Å². The van der Waals surface area contributed by atoms with E-state index >= 15 is 0 Å². The Bertz CT molecular complexity index is 1770. The third kappa shape index (κ3) is 123. The van der Waals surface area contributed by atoms with Gasteiger partial charge in [-0.05, 0) is 194 Å². The van der Waals surface area contributed by atoms with E-state index in [0.717, 1.165) is 130 Å². The average molecular weight is 1620 g/mol. The molecule has 4 N–H and O–H groups in total. The molecule has 5 aromatic carbocycles. The van der Waals surface area contributed by atoms with Crippen LogP contribution in [-0.2, 0) is 56.7 Å². The molecular weight excluding hydrogens is 1430 g/mol. The van der Waals surface area contributed by atoms with E-state index in [-0.39, 0.29) is 124 Å². The van der Waals surface area contributed by atoms with Crippen molar-refractivity contribution in [3.8, 4) is 0 Å². The molecule has 0 fully saturated rings. The van der Waals surface area contributed by atoms with Gasteiger partial charge in [0.2, 0.25) is 0 Å². The Morgan fingerprint density at radius 2 is 0.440 bits per heavy atom. The molecule has 0 spiro atoms. The summed E-state index contributed by atoms with van der Waals surface area (Å²) in [7, 11) is 10.3. The normalized spacial score (nSPS) is 9.84. The summed E-state index contributed by atoms with van der Waals surface area (Å²) in [4.78, 5) is 0. The zero-order valence-electron chi connectivity index (χ0n) is 58.3. The topological polar surface area (TPSA) is 127 Å². The van der Waals surface area contributed by atoms with Crippen LogP contribution in [0, 0.1) is 0 Å². The molecule has 0 aliphatic rings. The van der Waals surface area contributed by atoms with Crippen LogP contribution in [0.2, 0.25) is 0 Å². The molecule has 0 aromatic heterocycles. The average Bonchev–Trinajstić information content (AvgIpc) is 0.878. The molecule has 0 amide bonds. The van der Waals surface area contributed by atoms with Gasteiger partial charge < -0.3 is 44.1 Å². The number of hydrogen-bond acceptors (Lipinski definition) is 9. The monoisotopic (exact) mass is 1620 g/mol. The van der Waals surface area contributed by atoms with Crippen LogP contribution in [0.25, 0.3) is 0 Å².